The van der Waals surface area contributed by atoms with Crippen molar-refractivity contribution in [3.05, 3.63) is 92.5 Å². The molecule has 10 nitrogen and oxygen atoms in total. The van der Waals surface area contributed by atoms with Gasteiger partial charge in [-0.15, -0.1) is 0 Å². The highest BCUT2D eigenvalue weighted by atomic mass is 35.5. The lowest BCUT2D eigenvalue weighted by Gasteiger charge is -2.11. The second kappa shape index (κ2) is 9.59. The van der Waals surface area contributed by atoms with Crippen molar-refractivity contribution in [1.82, 2.24) is 0 Å². The second-order valence-electron chi connectivity index (χ2n) is 6.99. The maximum absolute atomic E-state index is 12.6. The van der Waals surface area contributed by atoms with Crippen LogP contribution in [-0.2, 0) is 4.74 Å². The number of Topliss-reactive ketones (excluding diaryl/α,β-unsaturated/α-hetero) is 1. The molecular formula is C23H15ClN2O8. The minimum atomic E-state index is -0.834. The number of rotatable bonds is 7. The number of anilines is 1. The number of carbonyl (C=O) groups excluding carboxylic acids is 3. The normalized spacial score (nSPS) is 11.6. The molecule has 0 fully saturated rings. The van der Waals surface area contributed by atoms with Crippen molar-refractivity contribution in [3.63, 3.8) is 0 Å². The summed E-state index contributed by atoms with van der Waals surface area (Å²) in [5.74, 6) is -1.02. The first-order valence-electron chi connectivity index (χ1n) is 9.78. The fraction of sp³-hybridized carbons (Fsp3) is 0.0870. The van der Waals surface area contributed by atoms with Crippen LogP contribution in [0.1, 0.15) is 31.1 Å². The van der Waals surface area contributed by atoms with E-state index >= 15 is 0 Å². The predicted octanol–water partition coefficient (Wildman–Crippen LogP) is 4.27. The number of hydrogen-bond donors (Lipinski definition) is 1. The molecule has 34 heavy (non-hydrogen) atoms. The third-order valence-corrected chi connectivity index (χ3v) is 5.14. The molecule has 0 spiro atoms. The van der Waals surface area contributed by atoms with E-state index in [0.29, 0.717) is 11.5 Å². The molecule has 1 aliphatic rings. The van der Waals surface area contributed by atoms with Gasteiger partial charge in [-0.05, 0) is 36.4 Å². The maximum atomic E-state index is 12.6. The average molecular weight is 483 g/mol. The molecule has 0 atom stereocenters. The van der Waals surface area contributed by atoms with E-state index in [1.54, 1.807) is 18.2 Å². The SMILES string of the molecule is O=C(COC(=O)c1ccccc1NC(=O)c1ccc([N+](=O)[O-])cc1Cl)c1ccc2c(c1)OCO2. The zero-order valence-corrected chi connectivity index (χ0v) is 18.0. The van der Waals surface area contributed by atoms with Crippen molar-refractivity contribution in [2.75, 3.05) is 18.7 Å². The number of benzene rings is 3. The van der Waals surface area contributed by atoms with E-state index in [9.17, 15) is 24.5 Å². The molecule has 1 heterocycles. The number of para-hydroxylation sites is 1. The lowest BCUT2D eigenvalue weighted by atomic mass is 10.1. The molecule has 0 unspecified atom stereocenters. The predicted molar refractivity (Wildman–Crippen MR) is 120 cm³/mol. The quantitative estimate of drug-likeness (QED) is 0.228. The van der Waals surface area contributed by atoms with Crippen molar-refractivity contribution in [1.29, 1.82) is 0 Å². The maximum Gasteiger partial charge on any atom is 0.340 e. The third kappa shape index (κ3) is 4.81. The number of fused-ring (bicyclic) bond motifs is 1. The number of halogens is 1. The number of hydrogen-bond acceptors (Lipinski definition) is 8. The van der Waals surface area contributed by atoms with Crippen LogP contribution in [0.15, 0.2) is 60.7 Å². The van der Waals surface area contributed by atoms with Crippen LogP contribution < -0.4 is 14.8 Å². The number of nitro benzene ring substituents is 1. The smallest absolute Gasteiger partial charge is 0.340 e. The Morgan fingerprint density at radius 3 is 2.53 bits per heavy atom. The third-order valence-electron chi connectivity index (χ3n) is 4.83. The number of non-ortho nitro benzene ring substituents is 1. The lowest BCUT2D eigenvalue weighted by molar-refractivity contribution is -0.384. The van der Waals surface area contributed by atoms with Crippen molar-refractivity contribution in [2.24, 2.45) is 0 Å². The molecule has 1 amide bonds. The summed E-state index contributed by atoms with van der Waals surface area (Å²) in [6, 6.07) is 14.1. The van der Waals surface area contributed by atoms with Crippen LogP contribution in [-0.4, -0.2) is 36.0 Å². The Balaban J connectivity index is 1.44. The second-order valence-corrected chi connectivity index (χ2v) is 7.40. The van der Waals surface area contributed by atoms with E-state index in [1.165, 1.54) is 30.3 Å². The van der Waals surface area contributed by atoms with Gasteiger partial charge < -0.3 is 19.5 Å². The largest absolute Gasteiger partial charge is 0.454 e. The molecule has 0 aromatic heterocycles. The number of ether oxygens (including phenoxy) is 3. The van der Waals surface area contributed by atoms with Gasteiger partial charge in [-0.1, -0.05) is 23.7 Å². The molecule has 172 valence electrons. The Morgan fingerprint density at radius 1 is 1.00 bits per heavy atom. The molecule has 3 aromatic carbocycles. The molecule has 11 heteroatoms. The summed E-state index contributed by atoms with van der Waals surface area (Å²) in [5.41, 5.74) is 0.118. The summed E-state index contributed by atoms with van der Waals surface area (Å²) >= 11 is 6.00. The van der Waals surface area contributed by atoms with Gasteiger partial charge >= 0.3 is 5.97 Å². The number of esters is 1. The topological polar surface area (TPSA) is 134 Å². The van der Waals surface area contributed by atoms with Crippen LogP contribution in [0.4, 0.5) is 11.4 Å². The van der Waals surface area contributed by atoms with Gasteiger partial charge in [0.2, 0.25) is 6.79 Å². The van der Waals surface area contributed by atoms with E-state index in [4.69, 9.17) is 25.8 Å². The summed E-state index contributed by atoms with van der Waals surface area (Å²) in [7, 11) is 0. The zero-order valence-electron chi connectivity index (χ0n) is 17.3. The molecule has 0 aliphatic carbocycles. The van der Waals surface area contributed by atoms with Gasteiger partial charge in [0.25, 0.3) is 11.6 Å². The van der Waals surface area contributed by atoms with E-state index in [2.05, 4.69) is 5.32 Å². The summed E-state index contributed by atoms with van der Waals surface area (Å²) in [5, 5.41) is 13.3. The van der Waals surface area contributed by atoms with Crippen molar-refractivity contribution in [2.45, 2.75) is 0 Å². The summed E-state index contributed by atoms with van der Waals surface area (Å²) < 4.78 is 15.6. The Labute approximate surface area is 197 Å². The number of carbonyl (C=O) groups is 3. The first-order chi connectivity index (χ1) is 16.3. The van der Waals surface area contributed by atoms with Crippen molar-refractivity contribution >= 4 is 40.6 Å². The number of nitrogens with one attached hydrogen (secondary N) is 1. The molecule has 0 radical (unpaired) electrons. The monoisotopic (exact) mass is 482 g/mol. The molecule has 3 aromatic rings. The minimum Gasteiger partial charge on any atom is -0.454 e. The number of nitrogens with zero attached hydrogens (tertiary/aromatic N) is 1. The standard InChI is InChI=1S/C23H15ClN2O8/c24-17-10-14(26(30)31)6-7-15(17)22(28)25-18-4-2-1-3-16(18)23(29)32-11-19(27)13-5-8-20-21(9-13)34-12-33-20/h1-10H,11-12H2,(H,25,28). The van der Waals surface area contributed by atoms with Crippen LogP contribution in [0.5, 0.6) is 11.5 Å². The Hall–Kier alpha value is -4.44. The molecule has 0 saturated carbocycles. The molecule has 1 aliphatic heterocycles. The number of amides is 1. The van der Waals surface area contributed by atoms with Gasteiger partial charge in [-0.3, -0.25) is 19.7 Å². The van der Waals surface area contributed by atoms with Gasteiger partial charge in [-0.25, -0.2) is 4.79 Å². The Morgan fingerprint density at radius 2 is 1.76 bits per heavy atom. The molecule has 0 bridgehead atoms. The van der Waals surface area contributed by atoms with Gasteiger partial charge in [0, 0.05) is 17.7 Å². The Kier molecular flexibility index (Phi) is 6.42. The van der Waals surface area contributed by atoms with E-state index in [1.807, 2.05) is 0 Å². The van der Waals surface area contributed by atoms with Crippen LogP contribution in [0.2, 0.25) is 5.02 Å². The highest BCUT2D eigenvalue weighted by Crippen LogP contribution is 2.32. The van der Waals surface area contributed by atoms with Gasteiger partial charge in [0.05, 0.1) is 26.8 Å². The Bertz CT molecular complexity index is 1320. The fourth-order valence-corrected chi connectivity index (χ4v) is 3.38. The van der Waals surface area contributed by atoms with Crippen molar-refractivity contribution < 1.29 is 33.5 Å². The summed E-state index contributed by atoms with van der Waals surface area (Å²) in [6.45, 7) is -0.468. The zero-order chi connectivity index (χ0) is 24.2. The average Bonchev–Trinajstić information content (AvgIpc) is 3.30. The first kappa shape index (κ1) is 22.7. The van der Waals surface area contributed by atoms with Crippen LogP contribution in [0.3, 0.4) is 0 Å². The van der Waals surface area contributed by atoms with E-state index in [0.717, 1.165) is 12.1 Å². The fourth-order valence-electron chi connectivity index (χ4n) is 3.12. The first-order valence-corrected chi connectivity index (χ1v) is 10.2. The molecule has 0 saturated heterocycles. The lowest BCUT2D eigenvalue weighted by Crippen LogP contribution is -2.18. The highest BCUT2D eigenvalue weighted by molar-refractivity contribution is 6.34. The molecule has 4 rings (SSSR count). The van der Waals surface area contributed by atoms with Crippen molar-refractivity contribution in [3.8, 4) is 11.5 Å². The van der Waals surface area contributed by atoms with Gasteiger partial charge in [0.15, 0.2) is 23.9 Å². The number of nitro groups is 1. The molecular weight excluding hydrogens is 468 g/mol. The van der Waals surface area contributed by atoms with Gasteiger partial charge in [0.1, 0.15) is 0 Å². The van der Waals surface area contributed by atoms with E-state index < -0.39 is 29.2 Å². The van der Waals surface area contributed by atoms with Crippen LogP contribution in [0, 0.1) is 10.1 Å². The number of ketones is 1. The van der Waals surface area contributed by atoms with E-state index in [-0.39, 0.29) is 39.9 Å². The van der Waals surface area contributed by atoms with Gasteiger partial charge in [-0.2, -0.15) is 0 Å². The highest BCUT2D eigenvalue weighted by Gasteiger charge is 2.21. The molecule has 1 N–H and O–H groups in total. The summed E-state index contributed by atoms with van der Waals surface area (Å²) in [4.78, 5) is 47.9. The van der Waals surface area contributed by atoms with Crippen LogP contribution in [0.25, 0.3) is 0 Å². The minimum absolute atomic E-state index is 0.00682. The summed E-state index contributed by atoms with van der Waals surface area (Å²) in [6.07, 6.45) is 0. The van der Waals surface area contributed by atoms with Crippen LogP contribution >= 0.6 is 11.6 Å².